The van der Waals surface area contributed by atoms with Crippen molar-refractivity contribution >= 4 is 35.0 Å². The van der Waals surface area contributed by atoms with Gasteiger partial charge in [0, 0.05) is 24.7 Å². The van der Waals surface area contributed by atoms with Crippen molar-refractivity contribution in [2.75, 3.05) is 17.7 Å². The zero-order valence-corrected chi connectivity index (χ0v) is 11.3. The fraction of sp³-hybridized carbons (Fsp3) is 0.167. The van der Waals surface area contributed by atoms with E-state index in [1.54, 1.807) is 6.07 Å². The molecule has 1 heterocycles. The summed E-state index contributed by atoms with van der Waals surface area (Å²) >= 11 is 12.0. The molecule has 18 heavy (non-hydrogen) atoms. The van der Waals surface area contributed by atoms with Gasteiger partial charge in [0.25, 0.3) is 0 Å². The van der Waals surface area contributed by atoms with E-state index in [0.717, 1.165) is 10.6 Å². The maximum atomic E-state index is 6.11. The zero-order chi connectivity index (χ0) is 13.1. The highest BCUT2D eigenvalue weighted by atomic mass is 35.5. The Kier molecular flexibility index (Phi) is 3.89. The number of aromatic nitrogens is 2. The van der Waals surface area contributed by atoms with E-state index < -0.39 is 0 Å². The minimum absolute atomic E-state index is 0.156. The Labute approximate surface area is 115 Å². The molecule has 0 aliphatic rings. The van der Waals surface area contributed by atoms with Gasteiger partial charge in [-0.1, -0.05) is 41.4 Å². The van der Waals surface area contributed by atoms with Gasteiger partial charge in [0.05, 0.1) is 0 Å². The second-order valence-corrected chi connectivity index (χ2v) is 4.65. The number of hydrogen-bond acceptors (Lipinski definition) is 4. The van der Waals surface area contributed by atoms with Crippen LogP contribution in [0, 0.1) is 0 Å². The molecule has 0 bridgehead atoms. The lowest BCUT2D eigenvalue weighted by atomic mass is 10.2. The third-order valence-electron chi connectivity index (χ3n) is 2.46. The van der Waals surface area contributed by atoms with Crippen molar-refractivity contribution in [3.63, 3.8) is 0 Å². The van der Waals surface area contributed by atoms with Crippen LogP contribution in [0.4, 0.5) is 11.8 Å². The summed E-state index contributed by atoms with van der Waals surface area (Å²) < 4.78 is 0. The van der Waals surface area contributed by atoms with E-state index in [-0.39, 0.29) is 5.95 Å². The molecule has 2 rings (SSSR count). The Morgan fingerprint density at radius 2 is 1.94 bits per heavy atom. The van der Waals surface area contributed by atoms with Crippen LogP contribution in [0.15, 0.2) is 30.3 Å². The molecule has 0 saturated heterocycles. The average molecular weight is 283 g/mol. The first-order valence-electron chi connectivity index (χ1n) is 5.31. The van der Waals surface area contributed by atoms with Gasteiger partial charge in [-0.25, -0.2) is 4.98 Å². The van der Waals surface area contributed by atoms with E-state index in [2.05, 4.69) is 9.97 Å². The molecule has 0 fully saturated rings. The monoisotopic (exact) mass is 282 g/mol. The van der Waals surface area contributed by atoms with Gasteiger partial charge in [0.15, 0.2) is 0 Å². The van der Waals surface area contributed by atoms with Crippen LogP contribution < -0.4 is 10.6 Å². The fourth-order valence-corrected chi connectivity index (χ4v) is 1.96. The summed E-state index contributed by atoms with van der Waals surface area (Å²) in [5.41, 5.74) is 6.57. The molecule has 0 unspecified atom stereocenters. The van der Waals surface area contributed by atoms with Gasteiger partial charge in [-0.2, -0.15) is 4.98 Å². The highest BCUT2D eigenvalue weighted by Crippen LogP contribution is 2.21. The lowest BCUT2D eigenvalue weighted by Gasteiger charge is -2.19. The molecule has 0 spiro atoms. The van der Waals surface area contributed by atoms with Crippen molar-refractivity contribution in [3.8, 4) is 0 Å². The second-order valence-electron chi connectivity index (χ2n) is 3.85. The van der Waals surface area contributed by atoms with Crippen molar-refractivity contribution < 1.29 is 0 Å². The lowest BCUT2D eigenvalue weighted by Crippen LogP contribution is -2.18. The average Bonchev–Trinajstić information content (AvgIpc) is 2.31. The van der Waals surface area contributed by atoms with Crippen molar-refractivity contribution in [2.45, 2.75) is 6.54 Å². The third kappa shape index (κ3) is 3.03. The molecule has 6 heteroatoms. The maximum absolute atomic E-state index is 6.11. The molecule has 0 aliphatic carbocycles. The molecule has 0 saturated carbocycles. The quantitative estimate of drug-likeness (QED) is 0.880. The predicted octanol–water partition coefficient (Wildman–Crippen LogP) is 3.00. The summed E-state index contributed by atoms with van der Waals surface area (Å²) in [4.78, 5) is 9.85. The summed E-state index contributed by atoms with van der Waals surface area (Å²) in [6.45, 7) is 0.618. The van der Waals surface area contributed by atoms with Crippen LogP contribution in [-0.2, 0) is 6.54 Å². The van der Waals surface area contributed by atoms with Gasteiger partial charge >= 0.3 is 0 Å². The van der Waals surface area contributed by atoms with Crippen LogP contribution >= 0.6 is 23.2 Å². The smallest absolute Gasteiger partial charge is 0.223 e. The molecular formula is C12H12Cl2N4. The Morgan fingerprint density at radius 1 is 1.22 bits per heavy atom. The molecule has 4 nitrogen and oxygen atoms in total. The fourth-order valence-electron chi connectivity index (χ4n) is 1.58. The normalized spacial score (nSPS) is 10.4. The highest BCUT2D eigenvalue weighted by molar-refractivity contribution is 6.31. The Morgan fingerprint density at radius 3 is 2.61 bits per heavy atom. The van der Waals surface area contributed by atoms with Crippen LogP contribution in [-0.4, -0.2) is 17.0 Å². The van der Waals surface area contributed by atoms with E-state index in [0.29, 0.717) is 17.5 Å². The second kappa shape index (κ2) is 5.42. The first-order valence-corrected chi connectivity index (χ1v) is 6.06. The topological polar surface area (TPSA) is 55.0 Å². The van der Waals surface area contributed by atoms with Gasteiger partial charge in [0.2, 0.25) is 5.95 Å². The molecule has 1 aromatic heterocycles. The predicted molar refractivity (Wildman–Crippen MR) is 75.0 cm³/mol. The zero-order valence-electron chi connectivity index (χ0n) is 9.77. The van der Waals surface area contributed by atoms with Crippen molar-refractivity contribution in [1.29, 1.82) is 0 Å². The van der Waals surface area contributed by atoms with Crippen LogP contribution in [0.1, 0.15) is 5.56 Å². The number of benzene rings is 1. The number of nitrogens with zero attached hydrogens (tertiary/aromatic N) is 3. The summed E-state index contributed by atoms with van der Waals surface area (Å²) in [5, 5.41) is 1.04. The van der Waals surface area contributed by atoms with Crippen molar-refractivity contribution in [1.82, 2.24) is 9.97 Å². The summed E-state index contributed by atoms with van der Waals surface area (Å²) in [6, 6.07) is 9.31. The van der Waals surface area contributed by atoms with E-state index in [1.807, 2.05) is 36.2 Å². The minimum Gasteiger partial charge on any atom is -0.368 e. The highest BCUT2D eigenvalue weighted by Gasteiger charge is 2.08. The molecule has 2 N–H and O–H groups in total. The molecule has 2 aromatic rings. The van der Waals surface area contributed by atoms with Gasteiger partial charge < -0.3 is 10.6 Å². The maximum Gasteiger partial charge on any atom is 0.223 e. The van der Waals surface area contributed by atoms with Crippen LogP contribution in [0.3, 0.4) is 0 Å². The third-order valence-corrected chi connectivity index (χ3v) is 3.02. The number of nitrogen functional groups attached to an aromatic ring is 1. The van der Waals surface area contributed by atoms with E-state index in [4.69, 9.17) is 28.9 Å². The minimum atomic E-state index is 0.156. The Hall–Kier alpha value is -1.52. The number of rotatable bonds is 3. The molecule has 0 atom stereocenters. The van der Waals surface area contributed by atoms with E-state index in [9.17, 15) is 0 Å². The Balaban J connectivity index is 2.22. The molecule has 0 amide bonds. The van der Waals surface area contributed by atoms with Gasteiger partial charge in [-0.05, 0) is 11.6 Å². The SMILES string of the molecule is CN(Cc1ccccc1Cl)c1cc(Cl)nc(N)n1. The summed E-state index contributed by atoms with van der Waals surface area (Å²) in [6.07, 6.45) is 0. The Bertz CT molecular complexity index is 539. The number of halogens is 2. The molecule has 1 aromatic carbocycles. The van der Waals surface area contributed by atoms with E-state index in [1.165, 1.54) is 0 Å². The number of nitrogens with two attached hydrogens (primary N) is 1. The van der Waals surface area contributed by atoms with Gasteiger partial charge in [-0.3, -0.25) is 0 Å². The van der Waals surface area contributed by atoms with Crippen LogP contribution in [0.2, 0.25) is 10.2 Å². The first-order chi connectivity index (χ1) is 8.56. The molecule has 0 aliphatic heterocycles. The van der Waals surface area contributed by atoms with Gasteiger partial charge in [-0.15, -0.1) is 0 Å². The summed E-state index contributed by atoms with van der Waals surface area (Å²) in [5.74, 6) is 0.816. The largest absolute Gasteiger partial charge is 0.368 e. The van der Waals surface area contributed by atoms with Crippen LogP contribution in [0.5, 0.6) is 0 Å². The van der Waals surface area contributed by atoms with Crippen molar-refractivity contribution in [3.05, 3.63) is 46.1 Å². The van der Waals surface area contributed by atoms with Crippen LogP contribution in [0.25, 0.3) is 0 Å². The molecular weight excluding hydrogens is 271 g/mol. The van der Waals surface area contributed by atoms with E-state index >= 15 is 0 Å². The lowest BCUT2D eigenvalue weighted by molar-refractivity contribution is 0.894. The standard InChI is InChI=1S/C12H12Cl2N4/c1-18(7-8-4-2-3-5-9(8)13)11-6-10(14)16-12(15)17-11/h2-6H,7H2,1H3,(H2,15,16,17). The summed E-state index contributed by atoms with van der Waals surface area (Å²) in [7, 11) is 1.89. The molecule has 0 radical (unpaired) electrons. The van der Waals surface area contributed by atoms with Crippen molar-refractivity contribution in [2.24, 2.45) is 0 Å². The number of anilines is 2. The molecule has 94 valence electrons. The van der Waals surface area contributed by atoms with Gasteiger partial charge in [0.1, 0.15) is 11.0 Å². The first kappa shape index (κ1) is 12.9. The number of hydrogen-bond donors (Lipinski definition) is 1.